The van der Waals surface area contributed by atoms with Gasteiger partial charge in [-0.25, -0.2) is 14.2 Å². The highest BCUT2D eigenvalue weighted by Gasteiger charge is 2.37. The van der Waals surface area contributed by atoms with Crippen molar-refractivity contribution in [2.24, 2.45) is 0 Å². The SMILES string of the molecule is O=C(OP(=O)(OC(=O)c1ccccc1O)c1ccccc1)c1ccccc1O. The van der Waals surface area contributed by atoms with Gasteiger partial charge in [0, 0.05) is 0 Å². The van der Waals surface area contributed by atoms with Gasteiger partial charge in [0.25, 0.3) is 0 Å². The highest BCUT2D eigenvalue weighted by atomic mass is 31.2. The molecule has 0 radical (unpaired) electrons. The number of phenolic OH excluding ortho intramolecular Hbond substituents is 2. The van der Waals surface area contributed by atoms with Crippen LogP contribution in [0.3, 0.4) is 0 Å². The van der Waals surface area contributed by atoms with Crippen molar-refractivity contribution in [3.05, 3.63) is 90.0 Å². The number of rotatable bonds is 5. The van der Waals surface area contributed by atoms with Gasteiger partial charge < -0.3 is 19.3 Å². The zero-order chi connectivity index (χ0) is 20.1. The first-order chi connectivity index (χ1) is 13.4. The minimum Gasteiger partial charge on any atom is -0.507 e. The normalized spacial score (nSPS) is 10.9. The van der Waals surface area contributed by atoms with Crippen LogP contribution in [0.5, 0.6) is 11.5 Å². The molecule has 0 aliphatic rings. The number of carbonyl (C=O) groups excluding carboxylic acids is 2. The molecule has 0 saturated heterocycles. The first kappa shape index (κ1) is 19.2. The fourth-order valence-electron chi connectivity index (χ4n) is 2.34. The monoisotopic (exact) mass is 398 g/mol. The topological polar surface area (TPSA) is 110 Å². The lowest BCUT2D eigenvalue weighted by atomic mass is 10.2. The Bertz CT molecular complexity index is 999. The summed E-state index contributed by atoms with van der Waals surface area (Å²) in [5, 5.41) is 19.6. The average Bonchev–Trinajstić information content (AvgIpc) is 2.69. The molecule has 0 heterocycles. The summed E-state index contributed by atoms with van der Waals surface area (Å²) in [7, 11) is -4.48. The van der Waals surface area contributed by atoms with Gasteiger partial charge in [0.05, 0.1) is 5.30 Å². The molecule has 3 rings (SSSR count). The molecule has 3 aromatic carbocycles. The molecule has 8 heteroatoms. The summed E-state index contributed by atoms with van der Waals surface area (Å²) in [4.78, 5) is 24.9. The number of benzene rings is 3. The second-order valence-electron chi connectivity index (χ2n) is 5.62. The van der Waals surface area contributed by atoms with E-state index in [1.807, 2.05) is 0 Å². The van der Waals surface area contributed by atoms with Crippen molar-refractivity contribution >= 4 is 24.8 Å². The van der Waals surface area contributed by atoms with E-state index in [1.165, 1.54) is 72.8 Å². The molecule has 2 N–H and O–H groups in total. The number of aromatic hydroxyl groups is 2. The fraction of sp³-hybridized carbons (Fsp3) is 0. The Morgan fingerprint density at radius 1 is 0.643 bits per heavy atom. The van der Waals surface area contributed by atoms with E-state index in [4.69, 9.17) is 9.05 Å². The summed E-state index contributed by atoms with van der Waals surface area (Å²) in [6.07, 6.45) is 0. The van der Waals surface area contributed by atoms with Gasteiger partial charge in [-0.2, -0.15) is 0 Å². The third kappa shape index (κ3) is 4.05. The van der Waals surface area contributed by atoms with E-state index in [9.17, 15) is 24.4 Å². The number of hydrogen-bond donors (Lipinski definition) is 2. The van der Waals surface area contributed by atoms with Crippen molar-refractivity contribution in [2.45, 2.75) is 0 Å². The first-order valence-electron chi connectivity index (χ1n) is 8.10. The lowest BCUT2D eigenvalue weighted by Crippen LogP contribution is -2.17. The smallest absolute Gasteiger partial charge is 0.467 e. The first-order valence-corrected chi connectivity index (χ1v) is 9.64. The van der Waals surface area contributed by atoms with Gasteiger partial charge in [-0.15, -0.1) is 0 Å². The summed E-state index contributed by atoms with van der Waals surface area (Å²) < 4.78 is 23.5. The van der Waals surface area contributed by atoms with E-state index in [2.05, 4.69) is 0 Å². The van der Waals surface area contributed by atoms with E-state index >= 15 is 0 Å². The van der Waals surface area contributed by atoms with Gasteiger partial charge in [-0.1, -0.05) is 42.5 Å². The van der Waals surface area contributed by atoms with Crippen LogP contribution in [0.4, 0.5) is 0 Å². The highest BCUT2D eigenvalue weighted by molar-refractivity contribution is 7.63. The molecular formula is C20H15O7P. The minimum atomic E-state index is -4.48. The van der Waals surface area contributed by atoms with Gasteiger partial charge in [0.2, 0.25) is 0 Å². The second kappa shape index (κ2) is 7.98. The Labute approximate surface area is 160 Å². The lowest BCUT2D eigenvalue weighted by molar-refractivity contribution is 0.0637. The molecule has 0 saturated carbocycles. The Balaban J connectivity index is 1.96. The molecular weight excluding hydrogens is 383 g/mol. The maximum atomic E-state index is 13.4. The van der Waals surface area contributed by atoms with E-state index in [-0.39, 0.29) is 27.9 Å². The standard InChI is InChI=1S/C20H15O7P/c21-17-12-6-4-10-15(17)19(23)26-28(25,14-8-2-1-3-9-14)27-20(24)16-11-5-7-13-18(16)22/h1-13,21-22H. The van der Waals surface area contributed by atoms with Crippen LogP contribution in [0, 0.1) is 0 Å². The zero-order valence-corrected chi connectivity index (χ0v) is 15.3. The van der Waals surface area contributed by atoms with Gasteiger partial charge in [0.1, 0.15) is 22.6 Å². The third-order valence-electron chi connectivity index (χ3n) is 3.73. The van der Waals surface area contributed by atoms with Gasteiger partial charge >= 0.3 is 19.5 Å². The van der Waals surface area contributed by atoms with Crippen LogP contribution in [0.1, 0.15) is 20.7 Å². The average molecular weight is 398 g/mol. The summed E-state index contributed by atoms with van der Waals surface area (Å²) in [5.41, 5.74) is -0.477. The Hall–Kier alpha value is -3.57. The zero-order valence-electron chi connectivity index (χ0n) is 14.4. The molecule has 0 amide bonds. The van der Waals surface area contributed by atoms with Crippen LogP contribution in [-0.4, -0.2) is 22.2 Å². The van der Waals surface area contributed by atoms with Crippen LogP contribution < -0.4 is 5.30 Å². The van der Waals surface area contributed by atoms with Crippen LogP contribution in [-0.2, 0) is 13.6 Å². The molecule has 0 bridgehead atoms. The predicted molar refractivity (Wildman–Crippen MR) is 101 cm³/mol. The number of para-hydroxylation sites is 2. The van der Waals surface area contributed by atoms with Gasteiger partial charge in [-0.05, 0) is 36.4 Å². The third-order valence-corrected chi connectivity index (χ3v) is 5.47. The van der Waals surface area contributed by atoms with Crippen molar-refractivity contribution in [3.63, 3.8) is 0 Å². The van der Waals surface area contributed by atoms with Crippen molar-refractivity contribution in [3.8, 4) is 11.5 Å². The maximum absolute atomic E-state index is 13.4. The molecule has 0 unspecified atom stereocenters. The van der Waals surface area contributed by atoms with Gasteiger partial charge in [-0.3, -0.25) is 0 Å². The predicted octanol–water partition coefficient (Wildman–Crippen LogP) is 3.63. The summed E-state index contributed by atoms with van der Waals surface area (Å²) in [6, 6.07) is 18.5. The molecule has 0 fully saturated rings. The summed E-state index contributed by atoms with van der Waals surface area (Å²) in [5.74, 6) is -3.01. The molecule has 0 aliphatic heterocycles. The van der Waals surface area contributed by atoms with E-state index < -0.39 is 19.5 Å². The molecule has 3 aromatic rings. The van der Waals surface area contributed by atoms with E-state index in [0.717, 1.165) is 0 Å². The molecule has 28 heavy (non-hydrogen) atoms. The van der Waals surface area contributed by atoms with Crippen molar-refractivity contribution in [1.29, 1.82) is 0 Å². The van der Waals surface area contributed by atoms with E-state index in [0.29, 0.717) is 0 Å². The van der Waals surface area contributed by atoms with Gasteiger partial charge in [0.15, 0.2) is 0 Å². The second-order valence-corrected chi connectivity index (χ2v) is 7.50. The number of hydrogen-bond acceptors (Lipinski definition) is 7. The highest BCUT2D eigenvalue weighted by Crippen LogP contribution is 2.49. The fourth-order valence-corrected chi connectivity index (χ4v) is 3.76. The van der Waals surface area contributed by atoms with Crippen LogP contribution in [0.2, 0.25) is 0 Å². The number of carbonyl (C=O) groups is 2. The van der Waals surface area contributed by atoms with Crippen LogP contribution >= 0.6 is 7.60 Å². The molecule has 7 nitrogen and oxygen atoms in total. The van der Waals surface area contributed by atoms with Crippen molar-refractivity contribution in [1.82, 2.24) is 0 Å². The summed E-state index contributed by atoms with van der Waals surface area (Å²) in [6.45, 7) is 0. The molecule has 0 aromatic heterocycles. The maximum Gasteiger partial charge on any atom is 0.467 e. The molecule has 0 aliphatic carbocycles. The Kier molecular flexibility index (Phi) is 5.47. The number of phenols is 2. The minimum absolute atomic E-state index is 0.0393. The molecule has 142 valence electrons. The Morgan fingerprint density at radius 2 is 1.04 bits per heavy atom. The van der Waals surface area contributed by atoms with Crippen molar-refractivity contribution in [2.75, 3.05) is 0 Å². The Morgan fingerprint density at radius 3 is 1.46 bits per heavy atom. The molecule has 0 spiro atoms. The lowest BCUT2D eigenvalue weighted by Gasteiger charge is -2.18. The van der Waals surface area contributed by atoms with E-state index in [1.54, 1.807) is 6.07 Å². The van der Waals surface area contributed by atoms with Crippen LogP contribution in [0.25, 0.3) is 0 Å². The summed E-state index contributed by atoms with van der Waals surface area (Å²) >= 11 is 0. The largest absolute Gasteiger partial charge is 0.507 e. The quantitative estimate of drug-likeness (QED) is 0.632. The van der Waals surface area contributed by atoms with Crippen molar-refractivity contribution < 1.29 is 33.4 Å². The molecule has 0 atom stereocenters. The van der Waals surface area contributed by atoms with Crippen LogP contribution in [0.15, 0.2) is 78.9 Å².